The summed E-state index contributed by atoms with van der Waals surface area (Å²) >= 11 is 3.66. The van der Waals surface area contributed by atoms with Gasteiger partial charge in [0, 0.05) is 13.0 Å². The molecule has 1 aromatic rings. The molecular weight excluding hydrogens is 290 g/mol. The number of halogens is 1. The first-order valence-corrected chi connectivity index (χ1v) is 7.80. The normalized spacial score (nSPS) is 28.6. The monoisotopic (exact) mass is 313 g/mol. The molecule has 0 aromatic carbocycles. The van der Waals surface area contributed by atoms with Gasteiger partial charge in [0.1, 0.15) is 0 Å². The fourth-order valence-corrected chi connectivity index (χ4v) is 3.83. The maximum atomic E-state index is 4.38. The average molecular weight is 314 g/mol. The van der Waals surface area contributed by atoms with E-state index in [0.29, 0.717) is 5.92 Å². The smallest absolute Gasteiger partial charge is 0.0635 e. The van der Waals surface area contributed by atoms with Gasteiger partial charge >= 0.3 is 0 Å². The minimum absolute atomic E-state index is 0.634. The summed E-state index contributed by atoms with van der Waals surface area (Å²) in [5.74, 6) is 2.21. The summed E-state index contributed by atoms with van der Waals surface area (Å²) in [5, 5.41) is 7.90. The number of aryl methyl sites for hydroxylation is 1. The molecule has 1 N–H and O–H groups in total. The fourth-order valence-electron chi connectivity index (χ4n) is 3.19. The van der Waals surface area contributed by atoms with E-state index in [1.807, 2.05) is 10.9 Å². The molecule has 3 unspecified atom stereocenters. The van der Waals surface area contributed by atoms with Crippen LogP contribution in [-0.2, 0) is 7.05 Å². The van der Waals surface area contributed by atoms with Crippen molar-refractivity contribution in [2.75, 3.05) is 13.1 Å². The van der Waals surface area contributed by atoms with Crippen molar-refractivity contribution in [1.82, 2.24) is 15.1 Å². The maximum Gasteiger partial charge on any atom is 0.0635 e. The van der Waals surface area contributed by atoms with E-state index < -0.39 is 0 Å². The lowest BCUT2D eigenvalue weighted by atomic mass is 9.73. The molecule has 0 amide bonds. The molecule has 1 saturated carbocycles. The van der Waals surface area contributed by atoms with Crippen molar-refractivity contribution >= 4 is 15.9 Å². The third-order valence-corrected chi connectivity index (χ3v) is 4.81. The molecule has 0 saturated heterocycles. The van der Waals surface area contributed by atoms with E-state index in [0.717, 1.165) is 24.9 Å². The molecular formula is C14H24BrN3. The lowest BCUT2D eigenvalue weighted by molar-refractivity contribution is 0.234. The summed E-state index contributed by atoms with van der Waals surface area (Å²) < 4.78 is 3.22. The van der Waals surface area contributed by atoms with Gasteiger partial charge in [-0.3, -0.25) is 4.68 Å². The number of nitrogens with zero attached hydrogens (tertiary/aromatic N) is 2. The van der Waals surface area contributed by atoms with Crippen LogP contribution in [0.2, 0.25) is 0 Å². The van der Waals surface area contributed by atoms with Crippen LogP contribution in [0.5, 0.6) is 0 Å². The van der Waals surface area contributed by atoms with E-state index in [4.69, 9.17) is 0 Å². The molecule has 1 aliphatic rings. The van der Waals surface area contributed by atoms with E-state index >= 15 is 0 Å². The zero-order valence-electron chi connectivity index (χ0n) is 11.6. The van der Waals surface area contributed by atoms with Gasteiger partial charge in [-0.05, 0) is 53.7 Å². The largest absolute Gasteiger partial charge is 0.317 e. The molecule has 4 heteroatoms. The standard InChI is InChI=1S/C14H24BrN3/c1-4-16-8-11-6-5-10(2)7-12(11)14-13(15)9-17-18(14)3/h9-12,16H,4-8H2,1-3H3. The molecule has 18 heavy (non-hydrogen) atoms. The Morgan fingerprint density at radius 2 is 2.28 bits per heavy atom. The zero-order valence-corrected chi connectivity index (χ0v) is 13.2. The Balaban J connectivity index is 2.19. The lowest BCUT2D eigenvalue weighted by Gasteiger charge is -2.35. The first-order valence-electron chi connectivity index (χ1n) is 7.01. The summed E-state index contributed by atoms with van der Waals surface area (Å²) in [4.78, 5) is 0. The molecule has 1 heterocycles. The van der Waals surface area contributed by atoms with Gasteiger partial charge < -0.3 is 5.32 Å². The van der Waals surface area contributed by atoms with Crippen LogP contribution in [0.1, 0.15) is 44.7 Å². The number of hydrogen-bond acceptors (Lipinski definition) is 2. The lowest BCUT2D eigenvalue weighted by Crippen LogP contribution is -2.32. The molecule has 1 fully saturated rings. The molecule has 1 aromatic heterocycles. The van der Waals surface area contributed by atoms with Crippen LogP contribution in [0.4, 0.5) is 0 Å². The van der Waals surface area contributed by atoms with Gasteiger partial charge in [-0.1, -0.05) is 20.3 Å². The Hall–Kier alpha value is -0.350. The molecule has 3 nitrogen and oxygen atoms in total. The third kappa shape index (κ3) is 2.97. The molecule has 0 aliphatic heterocycles. The van der Waals surface area contributed by atoms with Gasteiger partial charge in [-0.15, -0.1) is 0 Å². The van der Waals surface area contributed by atoms with Crippen LogP contribution >= 0.6 is 15.9 Å². The van der Waals surface area contributed by atoms with Gasteiger partial charge in [0.15, 0.2) is 0 Å². The van der Waals surface area contributed by atoms with E-state index in [-0.39, 0.29) is 0 Å². The van der Waals surface area contributed by atoms with E-state index in [1.54, 1.807) is 0 Å². The average Bonchev–Trinajstić information content (AvgIpc) is 2.67. The van der Waals surface area contributed by atoms with E-state index in [2.05, 4.69) is 47.2 Å². The third-order valence-electron chi connectivity index (χ3n) is 4.20. The Morgan fingerprint density at radius 3 is 2.89 bits per heavy atom. The minimum atomic E-state index is 0.634. The minimum Gasteiger partial charge on any atom is -0.317 e. The predicted molar refractivity (Wildman–Crippen MR) is 78.7 cm³/mol. The number of aromatic nitrogens is 2. The molecule has 2 rings (SSSR count). The highest BCUT2D eigenvalue weighted by atomic mass is 79.9. The summed E-state index contributed by atoms with van der Waals surface area (Å²) in [5.41, 5.74) is 1.38. The van der Waals surface area contributed by atoms with Crippen LogP contribution < -0.4 is 5.32 Å². The van der Waals surface area contributed by atoms with Crippen molar-refractivity contribution in [3.05, 3.63) is 16.4 Å². The molecule has 0 bridgehead atoms. The maximum absolute atomic E-state index is 4.38. The second-order valence-corrected chi connectivity index (χ2v) is 6.45. The van der Waals surface area contributed by atoms with Crippen molar-refractivity contribution in [3.63, 3.8) is 0 Å². The van der Waals surface area contributed by atoms with Crippen LogP contribution in [0.15, 0.2) is 10.7 Å². The first kappa shape index (κ1) is 14.1. The first-order chi connectivity index (χ1) is 8.63. The van der Waals surface area contributed by atoms with E-state index in [9.17, 15) is 0 Å². The van der Waals surface area contributed by atoms with Crippen molar-refractivity contribution in [2.24, 2.45) is 18.9 Å². The van der Waals surface area contributed by atoms with Gasteiger partial charge in [-0.25, -0.2) is 0 Å². The van der Waals surface area contributed by atoms with Gasteiger partial charge in [0.25, 0.3) is 0 Å². The van der Waals surface area contributed by atoms with Crippen molar-refractivity contribution in [1.29, 1.82) is 0 Å². The van der Waals surface area contributed by atoms with Crippen LogP contribution in [0, 0.1) is 11.8 Å². The Bertz CT molecular complexity index is 367. The predicted octanol–water partition coefficient (Wildman–Crippen LogP) is 3.31. The highest BCUT2D eigenvalue weighted by Crippen LogP contribution is 2.42. The Morgan fingerprint density at radius 1 is 1.50 bits per heavy atom. The second kappa shape index (κ2) is 6.20. The molecule has 0 spiro atoms. The fraction of sp³-hybridized carbons (Fsp3) is 0.786. The van der Waals surface area contributed by atoms with Crippen LogP contribution in [0.25, 0.3) is 0 Å². The van der Waals surface area contributed by atoms with Crippen LogP contribution in [-0.4, -0.2) is 22.9 Å². The Labute approximate surface area is 118 Å². The van der Waals surface area contributed by atoms with Crippen LogP contribution in [0.3, 0.4) is 0 Å². The second-order valence-electron chi connectivity index (χ2n) is 5.59. The van der Waals surface area contributed by atoms with Crippen molar-refractivity contribution in [2.45, 2.75) is 39.0 Å². The number of hydrogen-bond donors (Lipinski definition) is 1. The quantitative estimate of drug-likeness (QED) is 0.924. The highest BCUT2D eigenvalue weighted by Gasteiger charge is 2.32. The van der Waals surface area contributed by atoms with Gasteiger partial charge in [0.2, 0.25) is 0 Å². The topological polar surface area (TPSA) is 29.9 Å². The van der Waals surface area contributed by atoms with E-state index in [1.165, 1.54) is 29.4 Å². The summed E-state index contributed by atoms with van der Waals surface area (Å²) in [6.07, 6.45) is 5.91. The van der Waals surface area contributed by atoms with Crippen molar-refractivity contribution in [3.8, 4) is 0 Å². The molecule has 102 valence electrons. The molecule has 1 aliphatic carbocycles. The highest BCUT2D eigenvalue weighted by molar-refractivity contribution is 9.10. The molecule has 0 radical (unpaired) electrons. The summed E-state index contributed by atoms with van der Waals surface area (Å²) in [6.45, 7) is 6.75. The number of nitrogens with one attached hydrogen (secondary N) is 1. The molecule has 3 atom stereocenters. The van der Waals surface area contributed by atoms with Gasteiger partial charge in [-0.2, -0.15) is 5.10 Å². The number of rotatable bonds is 4. The summed E-state index contributed by atoms with van der Waals surface area (Å²) in [7, 11) is 2.06. The SMILES string of the molecule is CCNCC1CCC(C)CC1c1c(Br)cnn1C. The Kier molecular flexibility index (Phi) is 4.84. The summed E-state index contributed by atoms with van der Waals surface area (Å²) in [6, 6.07) is 0. The van der Waals surface area contributed by atoms with Gasteiger partial charge in [0.05, 0.1) is 16.4 Å². The van der Waals surface area contributed by atoms with Crippen molar-refractivity contribution < 1.29 is 0 Å². The zero-order chi connectivity index (χ0) is 13.1.